The Balaban J connectivity index is 1.42. The fraction of sp³-hybridized carbons (Fsp3) is 0.136. The van der Waals surface area contributed by atoms with E-state index in [0.717, 1.165) is 34.2 Å². The van der Waals surface area contributed by atoms with E-state index in [1.54, 1.807) is 18.5 Å². The number of rotatable bonds is 5. The van der Waals surface area contributed by atoms with Crippen molar-refractivity contribution in [3.8, 4) is 6.07 Å². The topological polar surface area (TPSA) is 77.4 Å². The molecule has 0 spiro atoms. The van der Waals surface area contributed by atoms with Crippen LogP contribution in [0.3, 0.4) is 0 Å². The van der Waals surface area contributed by atoms with Gasteiger partial charge in [-0.2, -0.15) is 18.4 Å². The third-order valence-corrected chi connectivity index (χ3v) is 4.75. The van der Waals surface area contributed by atoms with Crippen LogP contribution in [0.15, 0.2) is 61.1 Å². The minimum atomic E-state index is -4.34. The Morgan fingerprint density at radius 1 is 1.00 bits per heavy atom. The Morgan fingerprint density at radius 2 is 1.77 bits per heavy atom. The second kappa shape index (κ2) is 7.87. The van der Waals surface area contributed by atoms with Crippen molar-refractivity contribution >= 4 is 16.9 Å². The summed E-state index contributed by atoms with van der Waals surface area (Å²) in [4.78, 5) is 11.7. The number of nitrogens with one attached hydrogen (secondary N) is 2. The smallest absolute Gasteiger partial charge is 0.366 e. The molecule has 0 radical (unpaired) electrons. The molecule has 0 fully saturated rings. The summed E-state index contributed by atoms with van der Waals surface area (Å²) in [6, 6.07) is 12.6. The molecular weight excluding hydrogens is 391 g/mol. The van der Waals surface area contributed by atoms with Crippen LogP contribution in [0, 0.1) is 11.3 Å². The second-order valence-corrected chi connectivity index (χ2v) is 6.78. The van der Waals surface area contributed by atoms with Gasteiger partial charge in [-0.3, -0.25) is 0 Å². The van der Waals surface area contributed by atoms with E-state index in [2.05, 4.69) is 26.3 Å². The SMILES string of the molecule is N#Cc1ccnc2[nH]cc(Cc3ccc(NCc4ccc(C(F)(F)F)cc4)nc3)c12. The monoisotopic (exact) mass is 407 g/mol. The molecule has 0 aliphatic rings. The number of alkyl halides is 3. The minimum absolute atomic E-state index is 0.365. The largest absolute Gasteiger partial charge is 0.416 e. The van der Waals surface area contributed by atoms with Gasteiger partial charge in [0, 0.05) is 36.9 Å². The first-order valence-electron chi connectivity index (χ1n) is 9.14. The van der Waals surface area contributed by atoms with Gasteiger partial charge in [0.2, 0.25) is 0 Å². The van der Waals surface area contributed by atoms with Crippen LogP contribution in [0.25, 0.3) is 11.0 Å². The lowest BCUT2D eigenvalue weighted by atomic mass is 10.0. The molecule has 0 saturated heterocycles. The number of anilines is 1. The number of nitriles is 1. The molecule has 0 bridgehead atoms. The first-order chi connectivity index (χ1) is 14.4. The van der Waals surface area contributed by atoms with Crippen molar-refractivity contribution in [3.05, 3.63) is 88.9 Å². The molecule has 30 heavy (non-hydrogen) atoms. The third-order valence-electron chi connectivity index (χ3n) is 4.75. The van der Waals surface area contributed by atoms with Gasteiger partial charge in [0.15, 0.2) is 0 Å². The number of benzene rings is 1. The second-order valence-electron chi connectivity index (χ2n) is 6.78. The van der Waals surface area contributed by atoms with E-state index < -0.39 is 11.7 Å². The maximum Gasteiger partial charge on any atom is 0.416 e. The van der Waals surface area contributed by atoms with Crippen LogP contribution in [0.1, 0.15) is 27.8 Å². The van der Waals surface area contributed by atoms with Crippen LogP contribution in [0.5, 0.6) is 0 Å². The number of pyridine rings is 2. The first-order valence-corrected chi connectivity index (χ1v) is 9.14. The molecule has 0 unspecified atom stereocenters. The fourth-order valence-corrected chi connectivity index (χ4v) is 3.21. The Hall–Kier alpha value is -3.86. The average Bonchev–Trinajstić information content (AvgIpc) is 3.16. The normalized spacial score (nSPS) is 11.4. The predicted molar refractivity (Wildman–Crippen MR) is 107 cm³/mol. The molecule has 4 rings (SSSR count). The van der Waals surface area contributed by atoms with Crippen molar-refractivity contribution in [1.29, 1.82) is 5.26 Å². The number of hydrogen-bond donors (Lipinski definition) is 2. The number of aromatic amines is 1. The van der Waals surface area contributed by atoms with Gasteiger partial charge in [-0.05, 0) is 41.0 Å². The van der Waals surface area contributed by atoms with E-state index in [4.69, 9.17) is 0 Å². The van der Waals surface area contributed by atoms with Crippen molar-refractivity contribution in [2.24, 2.45) is 0 Å². The van der Waals surface area contributed by atoms with Gasteiger partial charge in [-0.15, -0.1) is 0 Å². The van der Waals surface area contributed by atoms with Gasteiger partial charge in [0.25, 0.3) is 0 Å². The Bertz CT molecular complexity index is 1200. The summed E-state index contributed by atoms with van der Waals surface area (Å²) in [7, 11) is 0. The standard InChI is InChI=1S/C22H16F3N5/c23-22(24,25)18-4-1-14(2-5-18)11-28-19-6-3-15(12-29-19)9-17-13-30-21-20(17)16(10-26)7-8-27-21/h1-8,12-13H,9,11H2,(H,27,30)(H,28,29). The summed E-state index contributed by atoms with van der Waals surface area (Å²) in [5.41, 5.74) is 3.22. The molecule has 8 heteroatoms. The molecule has 1 aromatic carbocycles. The van der Waals surface area contributed by atoms with Gasteiger partial charge < -0.3 is 10.3 Å². The Labute approximate surface area is 170 Å². The molecule has 3 aromatic heterocycles. The lowest BCUT2D eigenvalue weighted by molar-refractivity contribution is -0.137. The highest BCUT2D eigenvalue weighted by molar-refractivity contribution is 5.86. The number of H-pyrrole nitrogens is 1. The van der Waals surface area contributed by atoms with Crippen LogP contribution in [-0.4, -0.2) is 15.0 Å². The number of nitrogens with zero attached hydrogens (tertiary/aromatic N) is 3. The van der Waals surface area contributed by atoms with Crippen LogP contribution in [0.2, 0.25) is 0 Å². The van der Waals surface area contributed by atoms with Crippen LogP contribution in [-0.2, 0) is 19.1 Å². The Kier molecular flexibility index (Phi) is 5.11. The van der Waals surface area contributed by atoms with E-state index in [1.165, 1.54) is 12.1 Å². The summed E-state index contributed by atoms with van der Waals surface area (Å²) in [5.74, 6) is 0.622. The zero-order valence-electron chi connectivity index (χ0n) is 15.7. The molecule has 0 aliphatic heterocycles. The molecule has 5 nitrogen and oxygen atoms in total. The molecule has 0 atom stereocenters. The lowest BCUT2D eigenvalue weighted by Gasteiger charge is -2.09. The van der Waals surface area contributed by atoms with Gasteiger partial charge in [0.1, 0.15) is 11.5 Å². The predicted octanol–water partition coefficient (Wildman–Crippen LogP) is 5.05. The van der Waals surface area contributed by atoms with Crippen molar-refractivity contribution < 1.29 is 13.2 Å². The van der Waals surface area contributed by atoms with Gasteiger partial charge in [0.05, 0.1) is 17.2 Å². The number of aromatic nitrogens is 3. The van der Waals surface area contributed by atoms with Crippen molar-refractivity contribution in [1.82, 2.24) is 15.0 Å². The minimum Gasteiger partial charge on any atom is -0.366 e. The first kappa shape index (κ1) is 19.5. The summed E-state index contributed by atoms with van der Waals surface area (Å²) < 4.78 is 37.9. The van der Waals surface area contributed by atoms with Gasteiger partial charge >= 0.3 is 6.18 Å². The molecule has 4 aromatic rings. The van der Waals surface area contributed by atoms with Crippen molar-refractivity contribution in [3.63, 3.8) is 0 Å². The van der Waals surface area contributed by atoms with E-state index in [0.29, 0.717) is 30.0 Å². The summed E-state index contributed by atoms with van der Waals surface area (Å²) in [5, 5.41) is 13.2. The fourth-order valence-electron chi connectivity index (χ4n) is 3.21. The number of hydrogen-bond acceptors (Lipinski definition) is 4. The van der Waals surface area contributed by atoms with E-state index in [1.807, 2.05) is 18.3 Å². The molecular formula is C22H16F3N5. The van der Waals surface area contributed by atoms with E-state index >= 15 is 0 Å². The lowest BCUT2D eigenvalue weighted by Crippen LogP contribution is -2.06. The van der Waals surface area contributed by atoms with Crippen LogP contribution < -0.4 is 5.32 Å². The number of halogens is 3. The number of fused-ring (bicyclic) bond motifs is 1. The van der Waals surface area contributed by atoms with Gasteiger partial charge in [-0.25, -0.2) is 9.97 Å². The van der Waals surface area contributed by atoms with E-state index in [-0.39, 0.29) is 0 Å². The molecule has 0 saturated carbocycles. The molecule has 2 N–H and O–H groups in total. The summed E-state index contributed by atoms with van der Waals surface area (Å²) in [6.45, 7) is 0.365. The maximum absolute atomic E-state index is 12.6. The molecule has 0 aliphatic carbocycles. The Morgan fingerprint density at radius 3 is 2.43 bits per heavy atom. The highest BCUT2D eigenvalue weighted by Crippen LogP contribution is 2.29. The average molecular weight is 407 g/mol. The maximum atomic E-state index is 12.6. The highest BCUT2D eigenvalue weighted by atomic mass is 19.4. The summed E-state index contributed by atoms with van der Waals surface area (Å²) >= 11 is 0. The zero-order chi connectivity index (χ0) is 21.1. The highest BCUT2D eigenvalue weighted by Gasteiger charge is 2.29. The van der Waals surface area contributed by atoms with Gasteiger partial charge in [-0.1, -0.05) is 18.2 Å². The molecule has 150 valence electrons. The van der Waals surface area contributed by atoms with E-state index in [9.17, 15) is 18.4 Å². The quantitative estimate of drug-likeness (QED) is 0.485. The molecule has 3 heterocycles. The van der Waals surface area contributed by atoms with Crippen molar-refractivity contribution in [2.75, 3.05) is 5.32 Å². The van der Waals surface area contributed by atoms with Crippen molar-refractivity contribution in [2.45, 2.75) is 19.1 Å². The molecule has 0 amide bonds. The van der Waals surface area contributed by atoms with Crippen LogP contribution >= 0.6 is 0 Å². The third kappa shape index (κ3) is 4.10. The summed E-state index contributed by atoms with van der Waals surface area (Å²) in [6.07, 6.45) is 1.43. The zero-order valence-corrected chi connectivity index (χ0v) is 15.7. The van der Waals surface area contributed by atoms with Crippen LogP contribution in [0.4, 0.5) is 19.0 Å².